The second-order valence-electron chi connectivity index (χ2n) is 18.8. The molecule has 0 rings (SSSR count). The Morgan fingerprint density at radius 1 is 0.319 bits per heavy atom. The maximum absolute atomic E-state index is 12.8. The fraction of sp³-hybridized carbons (Fsp3) is 0.698. The first-order valence-electron chi connectivity index (χ1n) is 28.7. The van der Waals surface area contributed by atoms with Crippen molar-refractivity contribution in [3.8, 4) is 0 Å². The standard InChI is InChI=1S/C63H106O6/c1-4-7-10-13-16-19-22-25-28-29-30-31-32-33-36-38-41-44-47-50-53-56-62(65)68-59-60(69-63(66)57-54-51-48-45-42-39-35-27-24-21-18-15-12-9-6-3)58-67-61(64)55-52-49-46-43-40-37-34-26-23-20-17-14-11-8-5-2/h9,12,18,21-22,25-27,29-30,34-35,42,45,51,54,60H,4-8,10-11,13-17,19-20,23-24,28,31-33,36-41,43-44,46-50,52-53,55-59H2,1-3H3/b12-9-,21-18-,25-22-,30-29-,34-26-,35-27-,45-42-,54-51-. The maximum atomic E-state index is 12.8. The number of esters is 3. The highest BCUT2D eigenvalue weighted by atomic mass is 16.6. The van der Waals surface area contributed by atoms with E-state index in [9.17, 15) is 14.4 Å². The normalized spacial score (nSPS) is 12.8. The van der Waals surface area contributed by atoms with Crippen molar-refractivity contribution in [2.45, 2.75) is 271 Å². The van der Waals surface area contributed by atoms with Crippen molar-refractivity contribution in [3.05, 3.63) is 97.2 Å². The van der Waals surface area contributed by atoms with Crippen molar-refractivity contribution in [2.24, 2.45) is 0 Å². The Balaban J connectivity index is 4.46. The third-order valence-corrected chi connectivity index (χ3v) is 12.1. The van der Waals surface area contributed by atoms with E-state index in [1.54, 1.807) is 6.08 Å². The van der Waals surface area contributed by atoms with Crippen LogP contribution in [0, 0.1) is 0 Å². The van der Waals surface area contributed by atoms with E-state index < -0.39 is 12.1 Å². The van der Waals surface area contributed by atoms with Crippen molar-refractivity contribution >= 4 is 17.9 Å². The lowest BCUT2D eigenvalue weighted by Gasteiger charge is -2.18. The van der Waals surface area contributed by atoms with Crippen LogP contribution >= 0.6 is 0 Å². The Morgan fingerprint density at radius 2 is 0.609 bits per heavy atom. The van der Waals surface area contributed by atoms with E-state index in [-0.39, 0.29) is 31.6 Å². The van der Waals surface area contributed by atoms with E-state index in [0.717, 1.165) is 89.9 Å². The summed E-state index contributed by atoms with van der Waals surface area (Å²) in [6.07, 6.45) is 75.7. The van der Waals surface area contributed by atoms with Gasteiger partial charge in [-0.3, -0.25) is 14.4 Å². The first kappa shape index (κ1) is 65.3. The molecular formula is C63H106O6. The molecule has 0 N–H and O–H groups in total. The summed E-state index contributed by atoms with van der Waals surface area (Å²) in [5, 5.41) is 0. The highest BCUT2D eigenvalue weighted by Crippen LogP contribution is 2.14. The number of carbonyl (C=O) groups is 3. The molecule has 394 valence electrons. The maximum Gasteiger partial charge on any atom is 0.310 e. The average molecular weight is 960 g/mol. The van der Waals surface area contributed by atoms with Crippen LogP contribution in [0.1, 0.15) is 265 Å². The third kappa shape index (κ3) is 55.1. The van der Waals surface area contributed by atoms with Gasteiger partial charge in [0, 0.05) is 12.8 Å². The Bertz CT molecular complexity index is 1380. The second kappa shape index (κ2) is 56.9. The summed E-state index contributed by atoms with van der Waals surface area (Å²) >= 11 is 0. The molecule has 0 amide bonds. The number of allylic oxidation sites excluding steroid dienone is 15. The Kier molecular flexibility index (Phi) is 53.9. The van der Waals surface area contributed by atoms with Crippen LogP contribution in [-0.4, -0.2) is 37.2 Å². The molecule has 0 saturated carbocycles. The Morgan fingerprint density at radius 3 is 0.971 bits per heavy atom. The van der Waals surface area contributed by atoms with Gasteiger partial charge < -0.3 is 14.2 Å². The summed E-state index contributed by atoms with van der Waals surface area (Å²) < 4.78 is 16.7. The fourth-order valence-corrected chi connectivity index (χ4v) is 7.78. The molecule has 0 bridgehead atoms. The predicted octanol–water partition coefficient (Wildman–Crippen LogP) is 19.3. The van der Waals surface area contributed by atoms with E-state index in [1.165, 1.54) is 135 Å². The lowest BCUT2D eigenvalue weighted by atomic mass is 10.1. The SMILES string of the molecule is CC/C=C\C/C=C\C/C=C\C/C=C\C/C=C\CC(=O)OC(COC(=O)CCCCCCC/C=C\CCCCCCCC)COC(=O)CCCCCCCCCCC/C=C\C/C=C\CCCCCCC. The van der Waals surface area contributed by atoms with Crippen LogP contribution in [0.15, 0.2) is 97.2 Å². The van der Waals surface area contributed by atoms with Gasteiger partial charge in [0.25, 0.3) is 0 Å². The molecule has 69 heavy (non-hydrogen) atoms. The molecule has 6 nitrogen and oxygen atoms in total. The van der Waals surface area contributed by atoms with Gasteiger partial charge in [-0.2, -0.15) is 0 Å². The van der Waals surface area contributed by atoms with E-state index in [2.05, 4.69) is 106 Å². The average Bonchev–Trinajstić information content (AvgIpc) is 3.35. The molecule has 0 spiro atoms. The number of hydrogen-bond acceptors (Lipinski definition) is 6. The minimum Gasteiger partial charge on any atom is -0.462 e. The largest absolute Gasteiger partial charge is 0.462 e. The molecule has 0 saturated heterocycles. The number of carbonyl (C=O) groups excluding carboxylic acids is 3. The van der Waals surface area contributed by atoms with Gasteiger partial charge in [-0.1, -0.05) is 240 Å². The second-order valence-corrected chi connectivity index (χ2v) is 18.8. The van der Waals surface area contributed by atoms with E-state index in [0.29, 0.717) is 12.8 Å². The smallest absolute Gasteiger partial charge is 0.310 e. The van der Waals surface area contributed by atoms with Gasteiger partial charge in [0.05, 0.1) is 6.42 Å². The summed E-state index contributed by atoms with van der Waals surface area (Å²) in [7, 11) is 0. The van der Waals surface area contributed by atoms with Crippen LogP contribution in [0.4, 0.5) is 0 Å². The molecule has 0 aliphatic carbocycles. The molecule has 0 heterocycles. The molecule has 1 atom stereocenters. The van der Waals surface area contributed by atoms with Crippen molar-refractivity contribution in [1.82, 2.24) is 0 Å². The topological polar surface area (TPSA) is 78.9 Å². The molecule has 6 heteroatoms. The van der Waals surface area contributed by atoms with Gasteiger partial charge in [-0.25, -0.2) is 0 Å². The zero-order chi connectivity index (χ0) is 50.0. The molecular weight excluding hydrogens is 853 g/mol. The van der Waals surface area contributed by atoms with Gasteiger partial charge >= 0.3 is 17.9 Å². The molecule has 1 unspecified atom stereocenters. The number of ether oxygens (including phenoxy) is 3. The molecule has 0 radical (unpaired) electrons. The molecule has 0 aromatic heterocycles. The Hall–Kier alpha value is -3.67. The van der Waals surface area contributed by atoms with Crippen LogP contribution in [0.5, 0.6) is 0 Å². The van der Waals surface area contributed by atoms with Crippen LogP contribution in [0.25, 0.3) is 0 Å². The summed E-state index contributed by atoms with van der Waals surface area (Å²) in [5.74, 6) is -1.06. The molecule has 0 aromatic carbocycles. The summed E-state index contributed by atoms with van der Waals surface area (Å²) in [6, 6.07) is 0. The summed E-state index contributed by atoms with van der Waals surface area (Å²) in [5.41, 5.74) is 0. The monoisotopic (exact) mass is 959 g/mol. The minimum atomic E-state index is -0.838. The quantitative estimate of drug-likeness (QED) is 0.0262. The van der Waals surface area contributed by atoms with Crippen LogP contribution in [0.2, 0.25) is 0 Å². The number of hydrogen-bond donors (Lipinski definition) is 0. The first-order chi connectivity index (χ1) is 34.0. The van der Waals surface area contributed by atoms with Gasteiger partial charge in [-0.05, 0) is 103 Å². The van der Waals surface area contributed by atoms with Crippen molar-refractivity contribution in [1.29, 1.82) is 0 Å². The van der Waals surface area contributed by atoms with Crippen LogP contribution in [0.3, 0.4) is 0 Å². The molecule has 0 aromatic rings. The van der Waals surface area contributed by atoms with Crippen molar-refractivity contribution in [3.63, 3.8) is 0 Å². The Labute approximate surface area is 426 Å². The highest BCUT2D eigenvalue weighted by Gasteiger charge is 2.19. The first-order valence-corrected chi connectivity index (χ1v) is 28.7. The van der Waals surface area contributed by atoms with E-state index in [4.69, 9.17) is 14.2 Å². The van der Waals surface area contributed by atoms with Gasteiger partial charge in [-0.15, -0.1) is 0 Å². The lowest BCUT2D eigenvalue weighted by Crippen LogP contribution is -2.30. The summed E-state index contributed by atoms with van der Waals surface area (Å²) in [6.45, 7) is 6.42. The number of rotatable bonds is 51. The molecule has 0 aliphatic rings. The molecule has 0 aliphatic heterocycles. The predicted molar refractivity (Wildman–Crippen MR) is 297 cm³/mol. The van der Waals surface area contributed by atoms with Crippen LogP contribution in [-0.2, 0) is 28.6 Å². The highest BCUT2D eigenvalue weighted by molar-refractivity contribution is 5.72. The summed E-state index contributed by atoms with van der Waals surface area (Å²) in [4.78, 5) is 38.1. The lowest BCUT2D eigenvalue weighted by molar-refractivity contribution is -0.166. The van der Waals surface area contributed by atoms with Crippen molar-refractivity contribution < 1.29 is 28.6 Å². The van der Waals surface area contributed by atoms with E-state index in [1.807, 2.05) is 6.08 Å². The van der Waals surface area contributed by atoms with Gasteiger partial charge in [0.1, 0.15) is 13.2 Å². The van der Waals surface area contributed by atoms with Crippen LogP contribution < -0.4 is 0 Å². The zero-order valence-electron chi connectivity index (χ0n) is 45.0. The van der Waals surface area contributed by atoms with Gasteiger partial charge in [0.2, 0.25) is 0 Å². The third-order valence-electron chi connectivity index (χ3n) is 12.1. The molecule has 0 fully saturated rings. The van der Waals surface area contributed by atoms with Crippen molar-refractivity contribution in [2.75, 3.05) is 13.2 Å². The van der Waals surface area contributed by atoms with Gasteiger partial charge in [0.15, 0.2) is 6.10 Å². The minimum absolute atomic E-state index is 0.0929. The zero-order valence-corrected chi connectivity index (χ0v) is 45.0. The number of unbranched alkanes of at least 4 members (excludes halogenated alkanes) is 25. The van der Waals surface area contributed by atoms with E-state index >= 15 is 0 Å². The fourth-order valence-electron chi connectivity index (χ4n) is 7.78.